The standard InChI is InChI=1S/C9H19NO2/c1-11-6-7-12-8-9(10)4-2-3-5-9/h2-8,10H2,1H3. The Kier molecular flexibility index (Phi) is 3.98. The van der Waals surface area contributed by atoms with Crippen LogP contribution in [-0.4, -0.2) is 32.5 Å². The number of hydrogen-bond donors (Lipinski definition) is 1. The quantitative estimate of drug-likeness (QED) is 0.629. The Morgan fingerprint density at radius 3 is 2.50 bits per heavy atom. The molecule has 0 radical (unpaired) electrons. The van der Waals surface area contributed by atoms with Crippen molar-refractivity contribution >= 4 is 0 Å². The molecule has 0 amide bonds. The molecule has 0 unspecified atom stereocenters. The predicted molar refractivity (Wildman–Crippen MR) is 48.1 cm³/mol. The molecule has 1 aliphatic rings. The molecule has 0 spiro atoms. The number of rotatable bonds is 5. The molecule has 0 bridgehead atoms. The third-order valence-electron chi connectivity index (χ3n) is 2.42. The van der Waals surface area contributed by atoms with Crippen molar-refractivity contribution in [2.45, 2.75) is 31.2 Å². The highest BCUT2D eigenvalue weighted by Crippen LogP contribution is 2.27. The van der Waals surface area contributed by atoms with Crippen LogP contribution in [0.4, 0.5) is 0 Å². The van der Waals surface area contributed by atoms with Gasteiger partial charge in [-0.15, -0.1) is 0 Å². The molecule has 1 aliphatic carbocycles. The highest BCUT2D eigenvalue weighted by molar-refractivity contribution is 4.88. The minimum Gasteiger partial charge on any atom is -0.382 e. The van der Waals surface area contributed by atoms with Crippen LogP contribution >= 0.6 is 0 Å². The zero-order valence-corrected chi connectivity index (χ0v) is 7.84. The van der Waals surface area contributed by atoms with Gasteiger partial charge in [-0.2, -0.15) is 0 Å². The maximum Gasteiger partial charge on any atom is 0.0701 e. The van der Waals surface area contributed by atoms with Crippen molar-refractivity contribution in [1.82, 2.24) is 0 Å². The highest BCUT2D eigenvalue weighted by Gasteiger charge is 2.29. The lowest BCUT2D eigenvalue weighted by Crippen LogP contribution is -2.41. The van der Waals surface area contributed by atoms with Crippen molar-refractivity contribution in [1.29, 1.82) is 0 Å². The van der Waals surface area contributed by atoms with E-state index in [1.807, 2.05) is 0 Å². The molecule has 1 fully saturated rings. The number of hydrogen-bond acceptors (Lipinski definition) is 3. The van der Waals surface area contributed by atoms with Gasteiger partial charge in [0.1, 0.15) is 0 Å². The van der Waals surface area contributed by atoms with Crippen molar-refractivity contribution in [2.24, 2.45) is 5.73 Å². The summed E-state index contributed by atoms with van der Waals surface area (Å²) < 4.78 is 10.3. The molecular weight excluding hydrogens is 154 g/mol. The first-order chi connectivity index (χ1) is 5.77. The third kappa shape index (κ3) is 3.09. The van der Waals surface area contributed by atoms with Crippen LogP contribution in [0.25, 0.3) is 0 Å². The smallest absolute Gasteiger partial charge is 0.0701 e. The summed E-state index contributed by atoms with van der Waals surface area (Å²) in [6, 6.07) is 0. The fourth-order valence-corrected chi connectivity index (χ4v) is 1.64. The molecule has 3 nitrogen and oxygen atoms in total. The molecule has 3 heteroatoms. The summed E-state index contributed by atoms with van der Waals surface area (Å²) in [7, 11) is 1.68. The molecule has 1 saturated carbocycles. The Hall–Kier alpha value is -0.120. The van der Waals surface area contributed by atoms with Crippen molar-refractivity contribution in [2.75, 3.05) is 26.9 Å². The van der Waals surface area contributed by atoms with E-state index < -0.39 is 0 Å². The monoisotopic (exact) mass is 173 g/mol. The second kappa shape index (κ2) is 4.80. The molecule has 0 aromatic rings. The first kappa shape index (κ1) is 9.96. The van der Waals surface area contributed by atoms with E-state index in [1.165, 1.54) is 12.8 Å². The average molecular weight is 173 g/mol. The second-order valence-electron chi connectivity index (χ2n) is 3.61. The average Bonchev–Trinajstić information content (AvgIpc) is 2.47. The van der Waals surface area contributed by atoms with E-state index in [0.29, 0.717) is 19.8 Å². The fourth-order valence-electron chi connectivity index (χ4n) is 1.64. The van der Waals surface area contributed by atoms with Crippen LogP contribution in [0.1, 0.15) is 25.7 Å². The van der Waals surface area contributed by atoms with E-state index in [4.69, 9.17) is 15.2 Å². The SMILES string of the molecule is COCCOCC1(N)CCCC1. The first-order valence-electron chi connectivity index (χ1n) is 4.62. The van der Waals surface area contributed by atoms with Crippen LogP contribution in [0.2, 0.25) is 0 Å². The fraction of sp³-hybridized carbons (Fsp3) is 1.00. The molecule has 12 heavy (non-hydrogen) atoms. The van der Waals surface area contributed by atoms with Gasteiger partial charge in [-0.25, -0.2) is 0 Å². The Bertz CT molecular complexity index is 122. The van der Waals surface area contributed by atoms with Gasteiger partial charge < -0.3 is 15.2 Å². The van der Waals surface area contributed by atoms with Crippen molar-refractivity contribution in [3.63, 3.8) is 0 Å². The van der Waals surface area contributed by atoms with Gasteiger partial charge in [0, 0.05) is 12.6 Å². The topological polar surface area (TPSA) is 44.5 Å². The predicted octanol–water partition coefficient (Wildman–Crippen LogP) is 0.921. The third-order valence-corrected chi connectivity index (χ3v) is 2.42. The molecule has 0 saturated heterocycles. The highest BCUT2D eigenvalue weighted by atomic mass is 16.5. The van der Waals surface area contributed by atoms with Crippen LogP contribution in [0.5, 0.6) is 0 Å². The molecule has 0 aromatic carbocycles. The van der Waals surface area contributed by atoms with Gasteiger partial charge in [0.2, 0.25) is 0 Å². The summed E-state index contributed by atoms with van der Waals surface area (Å²) in [5.74, 6) is 0. The van der Waals surface area contributed by atoms with Crippen LogP contribution in [0.15, 0.2) is 0 Å². The summed E-state index contributed by atoms with van der Waals surface area (Å²) in [4.78, 5) is 0. The maximum absolute atomic E-state index is 6.08. The van der Waals surface area contributed by atoms with E-state index in [9.17, 15) is 0 Å². The minimum absolute atomic E-state index is 0.0340. The van der Waals surface area contributed by atoms with Crippen LogP contribution in [0, 0.1) is 0 Å². The second-order valence-corrected chi connectivity index (χ2v) is 3.61. The summed E-state index contributed by atoms with van der Waals surface area (Å²) >= 11 is 0. The van der Waals surface area contributed by atoms with E-state index in [1.54, 1.807) is 7.11 Å². The van der Waals surface area contributed by atoms with Gasteiger partial charge >= 0.3 is 0 Å². The molecular formula is C9H19NO2. The lowest BCUT2D eigenvalue weighted by atomic mass is 10.0. The first-order valence-corrected chi connectivity index (χ1v) is 4.62. The number of ether oxygens (including phenoxy) is 2. The van der Waals surface area contributed by atoms with E-state index in [2.05, 4.69) is 0 Å². The largest absolute Gasteiger partial charge is 0.382 e. The van der Waals surface area contributed by atoms with Crippen LogP contribution in [0.3, 0.4) is 0 Å². The Morgan fingerprint density at radius 1 is 1.25 bits per heavy atom. The Morgan fingerprint density at radius 2 is 1.92 bits per heavy atom. The number of nitrogens with two attached hydrogens (primary N) is 1. The van der Waals surface area contributed by atoms with Gasteiger partial charge in [0.25, 0.3) is 0 Å². The summed E-state index contributed by atoms with van der Waals surface area (Å²) in [6.45, 7) is 2.02. The molecule has 0 aliphatic heterocycles. The van der Waals surface area contributed by atoms with Gasteiger partial charge in [-0.3, -0.25) is 0 Å². The molecule has 0 heterocycles. The van der Waals surface area contributed by atoms with Gasteiger partial charge in [-0.05, 0) is 12.8 Å². The van der Waals surface area contributed by atoms with Gasteiger partial charge in [0.15, 0.2) is 0 Å². The zero-order valence-electron chi connectivity index (χ0n) is 7.84. The molecule has 2 N–H and O–H groups in total. The van der Waals surface area contributed by atoms with Crippen LogP contribution in [-0.2, 0) is 9.47 Å². The zero-order chi connectivity index (χ0) is 8.86. The van der Waals surface area contributed by atoms with Crippen molar-refractivity contribution in [3.05, 3.63) is 0 Å². The van der Waals surface area contributed by atoms with Crippen LogP contribution < -0.4 is 5.73 Å². The van der Waals surface area contributed by atoms with Crippen molar-refractivity contribution < 1.29 is 9.47 Å². The molecule has 1 rings (SSSR count). The minimum atomic E-state index is -0.0340. The Balaban J connectivity index is 2.05. The molecule has 0 aromatic heterocycles. The summed E-state index contributed by atoms with van der Waals surface area (Å²) in [5.41, 5.74) is 6.04. The normalized spacial score (nSPS) is 21.5. The lowest BCUT2D eigenvalue weighted by molar-refractivity contribution is 0.0441. The van der Waals surface area contributed by atoms with E-state index in [-0.39, 0.29) is 5.54 Å². The lowest BCUT2D eigenvalue weighted by Gasteiger charge is -2.22. The van der Waals surface area contributed by atoms with Gasteiger partial charge in [-0.1, -0.05) is 12.8 Å². The summed E-state index contributed by atoms with van der Waals surface area (Å²) in [6.07, 6.45) is 4.73. The molecule has 72 valence electrons. The maximum atomic E-state index is 6.08. The van der Waals surface area contributed by atoms with E-state index in [0.717, 1.165) is 12.8 Å². The van der Waals surface area contributed by atoms with Gasteiger partial charge in [0.05, 0.1) is 19.8 Å². The van der Waals surface area contributed by atoms with E-state index >= 15 is 0 Å². The Labute approximate surface area is 74.2 Å². The van der Waals surface area contributed by atoms with Crippen molar-refractivity contribution in [3.8, 4) is 0 Å². The number of methoxy groups -OCH3 is 1. The molecule has 0 atom stereocenters. The summed E-state index contributed by atoms with van der Waals surface area (Å²) in [5, 5.41) is 0.